The smallest absolute Gasteiger partial charge is 0.315 e. The fourth-order valence-electron chi connectivity index (χ4n) is 2.87. The molecule has 1 fully saturated rings. The normalized spacial score (nSPS) is 21.0. The van der Waals surface area contributed by atoms with Crippen molar-refractivity contribution in [3.05, 3.63) is 11.8 Å². The Hall–Kier alpha value is -2.58. The lowest BCUT2D eigenvalue weighted by atomic mass is 10.2. The van der Waals surface area contributed by atoms with Crippen LogP contribution in [0.15, 0.2) is 6.07 Å². The number of nitrogens with zero attached hydrogens (tertiary/aromatic N) is 4. The average Bonchev–Trinajstić information content (AvgIpc) is 3.09. The van der Waals surface area contributed by atoms with Crippen LogP contribution in [0.25, 0.3) is 0 Å². The van der Waals surface area contributed by atoms with Crippen molar-refractivity contribution in [1.29, 1.82) is 0 Å². The Morgan fingerprint density at radius 3 is 2.86 bits per heavy atom. The number of anilines is 1. The Bertz CT molecular complexity index is 640. The van der Waals surface area contributed by atoms with Crippen LogP contribution >= 0.6 is 0 Å². The van der Waals surface area contributed by atoms with Crippen LogP contribution in [0, 0.1) is 0 Å². The predicted octanol–water partition coefficient (Wildman–Crippen LogP) is -0.550. The molecule has 2 aliphatic heterocycles. The standard InChI is InChI=1S/C13H18N6O3/c1-17-5-6-19-9(12(17)21)7-10(16-19)15-11(20)8-3-2-4-18(8)13(14)22/h7-8H,2-6H2,1H3,(H2,14,22)(H,15,16,20)/t8-/m0/s1. The molecule has 3 N–H and O–H groups in total. The lowest BCUT2D eigenvalue weighted by Crippen LogP contribution is -2.45. The number of likely N-dealkylation sites (N-methyl/N-ethyl adjacent to an activating group) is 1. The monoisotopic (exact) mass is 306 g/mol. The highest BCUT2D eigenvalue weighted by Crippen LogP contribution is 2.20. The Balaban J connectivity index is 1.74. The van der Waals surface area contributed by atoms with E-state index in [0.717, 1.165) is 6.42 Å². The molecule has 2 aliphatic rings. The maximum Gasteiger partial charge on any atom is 0.315 e. The van der Waals surface area contributed by atoms with Crippen LogP contribution in [0.5, 0.6) is 0 Å². The van der Waals surface area contributed by atoms with E-state index >= 15 is 0 Å². The van der Waals surface area contributed by atoms with Gasteiger partial charge in [-0.15, -0.1) is 0 Å². The Morgan fingerprint density at radius 2 is 2.14 bits per heavy atom. The summed E-state index contributed by atoms with van der Waals surface area (Å²) in [6.45, 7) is 1.65. The molecule has 0 unspecified atom stereocenters. The molecule has 22 heavy (non-hydrogen) atoms. The second-order valence-electron chi connectivity index (χ2n) is 5.54. The SMILES string of the molecule is CN1CCn2nc(NC(=O)[C@@H]3CCCN3C(N)=O)cc2C1=O. The van der Waals surface area contributed by atoms with E-state index < -0.39 is 12.1 Å². The molecule has 3 heterocycles. The van der Waals surface area contributed by atoms with Gasteiger partial charge in [-0.1, -0.05) is 0 Å². The summed E-state index contributed by atoms with van der Waals surface area (Å²) in [5.74, 6) is -0.133. The van der Waals surface area contributed by atoms with Crippen LogP contribution < -0.4 is 11.1 Å². The van der Waals surface area contributed by atoms with Gasteiger partial charge in [0.1, 0.15) is 11.7 Å². The number of urea groups is 1. The van der Waals surface area contributed by atoms with Crippen LogP contribution in [0.2, 0.25) is 0 Å². The molecule has 0 spiro atoms. The highest BCUT2D eigenvalue weighted by molar-refractivity contribution is 5.98. The van der Waals surface area contributed by atoms with Crippen LogP contribution in [0.3, 0.4) is 0 Å². The van der Waals surface area contributed by atoms with Crippen LogP contribution in [0.4, 0.5) is 10.6 Å². The van der Waals surface area contributed by atoms with Gasteiger partial charge in [-0.3, -0.25) is 14.3 Å². The van der Waals surface area contributed by atoms with Gasteiger partial charge >= 0.3 is 6.03 Å². The van der Waals surface area contributed by atoms with Crippen molar-refractivity contribution in [2.24, 2.45) is 5.73 Å². The van der Waals surface area contributed by atoms with Gasteiger partial charge in [0.25, 0.3) is 5.91 Å². The zero-order chi connectivity index (χ0) is 15.9. The zero-order valence-electron chi connectivity index (χ0n) is 12.3. The molecule has 0 radical (unpaired) electrons. The topological polar surface area (TPSA) is 114 Å². The first kappa shape index (κ1) is 14.4. The number of hydrogen-bond acceptors (Lipinski definition) is 4. The van der Waals surface area contributed by atoms with E-state index in [-0.39, 0.29) is 11.8 Å². The molecule has 3 rings (SSSR count). The van der Waals surface area contributed by atoms with E-state index in [2.05, 4.69) is 10.4 Å². The summed E-state index contributed by atoms with van der Waals surface area (Å²) >= 11 is 0. The molecule has 0 saturated carbocycles. The number of rotatable bonds is 2. The minimum Gasteiger partial charge on any atom is -0.351 e. The van der Waals surface area contributed by atoms with Gasteiger partial charge in [-0.05, 0) is 12.8 Å². The maximum absolute atomic E-state index is 12.3. The molecule has 0 aromatic carbocycles. The number of amides is 4. The molecule has 9 nitrogen and oxygen atoms in total. The summed E-state index contributed by atoms with van der Waals surface area (Å²) in [5, 5.41) is 6.89. The van der Waals surface area contributed by atoms with Crippen molar-refractivity contribution in [2.75, 3.05) is 25.5 Å². The molecule has 1 atom stereocenters. The molecular weight excluding hydrogens is 288 g/mol. The lowest BCUT2D eigenvalue weighted by Gasteiger charge is -2.22. The quantitative estimate of drug-likeness (QED) is 0.763. The van der Waals surface area contributed by atoms with E-state index in [1.807, 2.05) is 0 Å². The maximum atomic E-state index is 12.3. The molecule has 118 valence electrons. The van der Waals surface area contributed by atoms with Gasteiger partial charge in [0.05, 0.1) is 6.54 Å². The lowest BCUT2D eigenvalue weighted by molar-refractivity contribution is -0.119. The van der Waals surface area contributed by atoms with Crippen molar-refractivity contribution in [3.63, 3.8) is 0 Å². The highest BCUT2D eigenvalue weighted by Gasteiger charge is 2.33. The number of primary amides is 1. The van der Waals surface area contributed by atoms with Crippen molar-refractivity contribution in [1.82, 2.24) is 19.6 Å². The summed E-state index contributed by atoms with van der Waals surface area (Å²) in [5.41, 5.74) is 5.72. The Labute approximate surface area is 127 Å². The first-order valence-electron chi connectivity index (χ1n) is 7.17. The minimum atomic E-state index is -0.599. The van der Waals surface area contributed by atoms with Crippen molar-refractivity contribution in [2.45, 2.75) is 25.4 Å². The van der Waals surface area contributed by atoms with Crippen LogP contribution in [-0.2, 0) is 11.3 Å². The predicted molar refractivity (Wildman–Crippen MR) is 77.1 cm³/mol. The van der Waals surface area contributed by atoms with Crippen LogP contribution in [0.1, 0.15) is 23.3 Å². The number of hydrogen-bond donors (Lipinski definition) is 2. The Morgan fingerprint density at radius 1 is 1.36 bits per heavy atom. The number of likely N-dealkylation sites (tertiary alicyclic amines) is 1. The van der Waals surface area contributed by atoms with E-state index in [1.54, 1.807) is 22.7 Å². The second-order valence-corrected chi connectivity index (χ2v) is 5.54. The number of nitrogens with two attached hydrogens (primary N) is 1. The zero-order valence-corrected chi connectivity index (χ0v) is 12.3. The van der Waals surface area contributed by atoms with Gasteiger partial charge in [-0.2, -0.15) is 5.10 Å². The summed E-state index contributed by atoms with van der Waals surface area (Å²) < 4.78 is 1.58. The number of nitrogens with one attached hydrogen (secondary N) is 1. The number of fused-ring (bicyclic) bond motifs is 1. The average molecular weight is 306 g/mol. The van der Waals surface area contributed by atoms with Gasteiger partial charge < -0.3 is 20.9 Å². The number of carbonyl (C=O) groups is 3. The highest BCUT2D eigenvalue weighted by atomic mass is 16.2. The molecule has 1 saturated heterocycles. The second kappa shape index (κ2) is 5.32. The van der Waals surface area contributed by atoms with Crippen molar-refractivity contribution in [3.8, 4) is 0 Å². The Kier molecular flexibility index (Phi) is 3.47. The van der Waals surface area contributed by atoms with E-state index in [1.165, 1.54) is 4.90 Å². The van der Waals surface area contributed by atoms with Crippen LogP contribution in [-0.4, -0.2) is 63.6 Å². The van der Waals surface area contributed by atoms with Crippen molar-refractivity contribution < 1.29 is 14.4 Å². The summed E-state index contributed by atoms with van der Waals surface area (Å²) in [6, 6.07) is 0.382. The number of aromatic nitrogens is 2. The molecule has 0 aliphatic carbocycles. The molecule has 0 bridgehead atoms. The molecule has 9 heteroatoms. The minimum absolute atomic E-state index is 0.126. The summed E-state index contributed by atoms with van der Waals surface area (Å²) in [7, 11) is 1.72. The van der Waals surface area contributed by atoms with Crippen molar-refractivity contribution >= 4 is 23.7 Å². The molecule has 1 aromatic heterocycles. The third-order valence-electron chi connectivity index (χ3n) is 4.08. The fraction of sp³-hybridized carbons (Fsp3) is 0.538. The van der Waals surface area contributed by atoms with Gasteiger partial charge in [0.15, 0.2) is 5.82 Å². The molecular formula is C13H18N6O3. The van der Waals surface area contributed by atoms with Gasteiger partial charge in [0, 0.05) is 26.2 Å². The molecule has 4 amide bonds. The first-order chi connectivity index (χ1) is 10.5. The summed E-state index contributed by atoms with van der Waals surface area (Å²) in [6.07, 6.45) is 1.31. The third-order valence-corrected chi connectivity index (χ3v) is 4.08. The summed E-state index contributed by atoms with van der Waals surface area (Å²) in [4.78, 5) is 38.5. The largest absolute Gasteiger partial charge is 0.351 e. The number of carbonyl (C=O) groups excluding carboxylic acids is 3. The van der Waals surface area contributed by atoms with E-state index in [0.29, 0.717) is 37.6 Å². The molecule has 1 aromatic rings. The third kappa shape index (κ3) is 2.38. The fourth-order valence-corrected chi connectivity index (χ4v) is 2.87. The van der Waals surface area contributed by atoms with Gasteiger partial charge in [0.2, 0.25) is 5.91 Å². The van der Waals surface area contributed by atoms with Gasteiger partial charge in [-0.25, -0.2) is 4.79 Å². The first-order valence-corrected chi connectivity index (χ1v) is 7.17. The van der Waals surface area contributed by atoms with E-state index in [9.17, 15) is 14.4 Å². The van der Waals surface area contributed by atoms with E-state index in [4.69, 9.17) is 5.73 Å².